The maximum absolute atomic E-state index is 12.0. The van der Waals surface area contributed by atoms with Gasteiger partial charge in [0.25, 0.3) is 0 Å². The summed E-state index contributed by atoms with van der Waals surface area (Å²) in [4.78, 5) is -0.0342. The number of nitrogens with zero attached hydrogens (tertiary/aromatic N) is 1. The van der Waals surface area contributed by atoms with E-state index in [9.17, 15) is 8.42 Å². The summed E-state index contributed by atoms with van der Waals surface area (Å²) in [5.41, 5.74) is 0.311. The quantitative estimate of drug-likeness (QED) is 0.876. The molecule has 102 valence electrons. The molecule has 1 aliphatic rings. The number of benzene rings is 1. The van der Waals surface area contributed by atoms with Gasteiger partial charge in [0.15, 0.2) is 0 Å². The van der Waals surface area contributed by atoms with Gasteiger partial charge in [-0.1, -0.05) is 11.6 Å². The Morgan fingerprint density at radius 3 is 2.68 bits per heavy atom. The topological polar surface area (TPSA) is 90.2 Å². The van der Waals surface area contributed by atoms with Gasteiger partial charge < -0.3 is 5.11 Å². The van der Waals surface area contributed by atoms with Crippen LogP contribution in [-0.4, -0.2) is 26.2 Å². The summed E-state index contributed by atoms with van der Waals surface area (Å²) in [6, 6.07) is 5.94. The van der Waals surface area contributed by atoms with Crippen LogP contribution in [-0.2, 0) is 10.0 Å². The number of nitriles is 1. The number of hydrogen-bond donors (Lipinski definition) is 2. The predicted octanol–water partition coefficient (Wildman–Crippen LogP) is 1.26. The van der Waals surface area contributed by atoms with Gasteiger partial charge in [-0.05, 0) is 37.0 Å². The molecule has 0 aromatic heterocycles. The third-order valence-electron chi connectivity index (χ3n) is 3.12. The van der Waals surface area contributed by atoms with Crippen LogP contribution in [0.2, 0.25) is 5.02 Å². The fourth-order valence-corrected chi connectivity index (χ4v) is 3.62. The molecule has 0 amide bonds. The SMILES string of the molecule is N#Cc1ccc(S(=O)(=O)NCC2CC(O)C2)c(Cl)c1. The minimum Gasteiger partial charge on any atom is -0.393 e. The van der Waals surface area contributed by atoms with E-state index in [1.165, 1.54) is 18.2 Å². The van der Waals surface area contributed by atoms with E-state index in [1.54, 1.807) is 0 Å². The van der Waals surface area contributed by atoms with E-state index in [-0.39, 0.29) is 28.5 Å². The number of aliphatic hydroxyl groups excluding tert-OH is 1. The predicted molar refractivity (Wildman–Crippen MR) is 70.1 cm³/mol. The summed E-state index contributed by atoms with van der Waals surface area (Å²) in [6.45, 7) is 0.287. The molecule has 1 fully saturated rings. The largest absolute Gasteiger partial charge is 0.393 e. The molecular weight excluding hydrogens is 288 g/mol. The van der Waals surface area contributed by atoms with Crippen LogP contribution in [0, 0.1) is 17.2 Å². The normalized spacial score (nSPS) is 22.6. The van der Waals surface area contributed by atoms with Crippen LogP contribution in [0.3, 0.4) is 0 Å². The summed E-state index contributed by atoms with van der Waals surface area (Å²) in [5.74, 6) is 0.168. The van der Waals surface area contributed by atoms with Crippen molar-refractivity contribution in [2.45, 2.75) is 23.8 Å². The molecule has 1 aliphatic carbocycles. The highest BCUT2D eigenvalue weighted by Crippen LogP contribution is 2.27. The molecule has 2 rings (SSSR count). The Labute approximate surface area is 116 Å². The maximum Gasteiger partial charge on any atom is 0.242 e. The highest BCUT2D eigenvalue weighted by atomic mass is 35.5. The van der Waals surface area contributed by atoms with Crippen LogP contribution in [0.25, 0.3) is 0 Å². The summed E-state index contributed by atoms with van der Waals surface area (Å²) < 4.78 is 26.5. The average Bonchev–Trinajstić information content (AvgIpc) is 2.32. The Kier molecular flexibility index (Phi) is 4.11. The monoisotopic (exact) mass is 300 g/mol. The molecule has 19 heavy (non-hydrogen) atoms. The van der Waals surface area contributed by atoms with Gasteiger partial charge >= 0.3 is 0 Å². The fraction of sp³-hybridized carbons (Fsp3) is 0.417. The number of rotatable bonds is 4. The number of hydrogen-bond acceptors (Lipinski definition) is 4. The van der Waals surface area contributed by atoms with Gasteiger partial charge in [0.05, 0.1) is 22.8 Å². The van der Waals surface area contributed by atoms with Crippen LogP contribution < -0.4 is 4.72 Å². The fourth-order valence-electron chi connectivity index (χ4n) is 1.96. The summed E-state index contributed by atoms with van der Waals surface area (Å²) >= 11 is 5.87. The lowest BCUT2D eigenvalue weighted by atomic mass is 9.83. The van der Waals surface area contributed by atoms with Crippen LogP contribution in [0.4, 0.5) is 0 Å². The lowest BCUT2D eigenvalue weighted by Gasteiger charge is -2.31. The lowest BCUT2D eigenvalue weighted by Crippen LogP contribution is -2.38. The van der Waals surface area contributed by atoms with E-state index in [0.717, 1.165) is 0 Å². The van der Waals surface area contributed by atoms with Gasteiger partial charge in [-0.25, -0.2) is 13.1 Å². The number of aliphatic hydroxyl groups is 1. The minimum atomic E-state index is -3.68. The second kappa shape index (κ2) is 5.47. The molecule has 2 N–H and O–H groups in total. The average molecular weight is 301 g/mol. The molecule has 0 saturated heterocycles. The second-order valence-electron chi connectivity index (χ2n) is 4.60. The van der Waals surface area contributed by atoms with E-state index in [0.29, 0.717) is 18.4 Å². The van der Waals surface area contributed by atoms with Crippen LogP contribution in [0.1, 0.15) is 18.4 Å². The Hall–Kier alpha value is -1.13. The van der Waals surface area contributed by atoms with E-state index >= 15 is 0 Å². The molecule has 0 bridgehead atoms. The zero-order valence-electron chi connectivity index (χ0n) is 10.0. The molecule has 0 heterocycles. The van der Waals surface area contributed by atoms with Gasteiger partial charge in [0.1, 0.15) is 4.90 Å². The molecule has 0 spiro atoms. The van der Waals surface area contributed by atoms with Crippen molar-refractivity contribution >= 4 is 21.6 Å². The van der Waals surface area contributed by atoms with E-state index in [2.05, 4.69) is 4.72 Å². The molecule has 1 aromatic carbocycles. The van der Waals surface area contributed by atoms with Crippen LogP contribution >= 0.6 is 11.6 Å². The summed E-state index contributed by atoms with van der Waals surface area (Å²) in [5, 5.41) is 17.9. The van der Waals surface area contributed by atoms with Gasteiger partial charge in [-0.15, -0.1) is 0 Å². The number of halogens is 1. The Morgan fingerprint density at radius 1 is 1.47 bits per heavy atom. The molecule has 1 saturated carbocycles. The van der Waals surface area contributed by atoms with Crippen molar-refractivity contribution < 1.29 is 13.5 Å². The van der Waals surface area contributed by atoms with Gasteiger partial charge in [-0.3, -0.25) is 0 Å². The highest BCUT2D eigenvalue weighted by Gasteiger charge is 2.28. The first kappa shape index (κ1) is 14.3. The molecule has 0 unspecified atom stereocenters. The van der Waals surface area contributed by atoms with Crippen LogP contribution in [0.15, 0.2) is 23.1 Å². The molecule has 1 aromatic rings. The van der Waals surface area contributed by atoms with Crippen LogP contribution in [0.5, 0.6) is 0 Å². The number of nitrogens with one attached hydrogen (secondary N) is 1. The molecular formula is C12H13ClN2O3S. The van der Waals surface area contributed by atoms with Gasteiger partial charge in [-0.2, -0.15) is 5.26 Å². The molecule has 0 aliphatic heterocycles. The standard InChI is InChI=1S/C12H13ClN2O3S/c13-11-5-8(6-14)1-2-12(11)19(17,18)15-7-9-3-10(16)4-9/h1-2,5,9-10,15-16H,3-4,7H2. The Balaban J connectivity index is 2.09. The first-order valence-corrected chi connectivity index (χ1v) is 7.66. The smallest absolute Gasteiger partial charge is 0.242 e. The maximum atomic E-state index is 12.0. The minimum absolute atomic E-state index is 0.0280. The first-order valence-electron chi connectivity index (χ1n) is 5.80. The van der Waals surface area contributed by atoms with Gasteiger partial charge in [0, 0.05) is 6.54 Å². The molecule has 0 radical (unpaired) electrons. The van der Waals surface area contributed by atoms with Crippen molar-refractivity contribution in [1.29, 1.82) is 5.26 Å². The van der Waals surface area contributed by atoms with Crippen molar-refractivity contribution in [3.63, 3.8) is 0 Å². The first-order chi connectivity index (χ1) is 8.92. The second-order valence-corrected chi connectivity index (χ2v) is 6.74. The Bertz CT molecular complexity index is 618. The lowest BCUT2D eigenvalue weighted by molar-refractivity contribution is 0.0453. The van der Waals surface area contributed by atoms with Crippen molar-refractivity contribution in [2.75, 3.05) is 6.54 Å². The third-order valence-corrected chi connectivity index (χ3v) is 5.03. The van der Waals surface area contributed by atoms with Crippen molar-refractivity contribution in [1.82, 2.24) is 4.72 Å². The third kappa shape index (κ3) is 3.25. The number of sulfonamides is 1. The van der Waals surface area contributed by atoms with E-state index in [1.807, 2.05) is 6.07 Å². The Morgan fingerprint density at radius 2 is 2.16 bits per heavy atom. The van der Waals surface area contributed by atoms with E-state index in [4.69, 9.17) is 22.0 Å². The summed E-state index contributed by atoms with van der Waals surface area (Å²) in [6.07, 6.45) is 0.917. The van der Waals surface area contributed by atoms with E-state index < -0.39 is 10.0 Å². The van der Waals surface area contributed by atoms with Crippen molar-refractivity contribution in [3.8, 4) is 6.07 Å². The highest BCUT2D eigenvalue weighted by molar-refractivity contribution is 7.89. The summed E-state index contributed by atoms with van der Waals surface area (Å²) in [7, 11) is -3.68. The molecule has 5 nitrogen and oxygen atoms in total. The zero-order chi connectivity index (χ0) is 14.0. The van der Waals surface area contributed by atoms with Gasteiger partial charge in [0.2, 0.25) is 10.0 Å². The molecule has 0 atom stereocenters. The zero-order valence-corrected chi connectivity index (χ0v) is 11.6. The van der Waals surface area contributed by atoms with Crippen molar-refractivity contribution in [3.05, 3.63) is 28.8 Å². The molecule has 7 heteroatoms. The van der Waals surface area contributed by atoms with Crippen molar-refractivity contribution in [2.24, 2.45) is 5.92 Å².